The summed E-state index contributed by atoms with van der Waals surface area (Å²) in [4.78, 5) is 28.9. The number of piperidine rings is 1. The molecule has 162 valence electrons. The lowest BCUT2D eigenvalue weighted by Gasteiger charge is -2.34. The molecule has 1 amide bonds. The molecule has 4 rings (SSSR count). The largest absolute Gasteiger partial charge is 0.469 e. The van der Waals surface area contributed by atoms with E-state index in [9.17, 15) is 9.59 Å². The Hall–Kier alpha value is -3.49. The Morgan fingerprint density at radius 1 is 1.13 bits per heavy atom. The fourth-order valence-corrected chi connectivity index (χ4v) is 3.90. The van der Waals surface area contributed by atoms with E-state index in [1.807, 2.05) is 42.5 Å². The van der Waals surface area contributed by atoms with E-state index in [-0.39, 0.29) is 24.2 Å². The second-order valence-corrected chi connectivity index (χ2v) is 7.66. The molecule has 9 heteroatoms. The number of esters is 1. The number of carbonyl (C=O) groups excluding carboxylic acids is 2. The van der Waals surface area contributed by atoms with Crippen molar-refractivity contribution in [3.05, 3.63) is 54.4 Å². The van der Waals surface area contributed by atoms with Crippen LogP contribution in [0.2, 0.25) is 0 Å². The molecule has 0 bridgehead atoms. The third kappa shape index (κ3) is 4.99. The van der Waals surface area contributed by atoms with Crippen molar-refractivity contribution >= 4 is 23.3 Å². The number of carbonyl (C=O) groups is 2. The quantitative estimate of drug-likeness (QED) is 0.537. The van der Waals surface area contributed by atoms with E-state index in [4.69, 9.17) is 4.74 Å². The lowest BCUT2D eigenvalue weighted by molar-refractivity contribution is -0.142. The minimum Gasteiger partial charge on any atom is -0.469 e. The van der Waals surface area contributed by atoms with Gasteiger partial charge in [0.15, 0.2) is 5.65 Å². The maximum atomic E-state index is 13.3. The molecule has 31 heavy (non-hydrogen) atoms. The molecule has 3 aromatic rings. The van der Waals surface area contributed by atoms with E-state index >= 15 is 0 Å². The molecule has 9 nitrogen and oxygen atoms in total. The van der Waals surface area contributed by atoms with Crippen LogP contribution in [0, 0.1) is 5.92 Å². The number of nitrogens with zero attached hydrogens (tertiary/aromatic N) is 6. The molecule has 0 saturated carbocycles. The Bertz CT molecular complexity index is 1030. The van der Waals surface area contributed by atoms with Crippen LogP contribution in [0.25, 0.3) is 5.65 Å². The van der Waals surface area contributed by atoms with Gasteiger partial charge >= 0.3 is 5.97 Å². The van der Waals surface area contributed by atoms with Crippen LogP contribution in [0.4, 0.5) is 5.82 Å². The van der Waals surface area contributed by atoms with Crippen LogP contribution in [0.15, 0.2) is 48.8 Å². The van der Waals surface area contributed by atoms with Crippen LogP contribution >= 0.6 is 0 Å². The third-order valence-corrected chi connectivity index (χ3v) is 5.66. The van der Waals surface area contributed by atoms with Crippen molar-refractivity contribution in [2.24, 2.45) is 5.92 Å². The zero-order valence-electron chi connectivity index (χ0n) is 17.6. The van der Waals surface area contributed by atoms with Crippen LogP contribution < -0.4 is 4.90 Å². The molecule has 3 heterocycles. The van der Waals surface area contributed by atoms with Gasteiger partial charge in [-0.15, -0.1) is 15.3 Å². The van der Waals surface area contributed by atoms with Crippen LogP contribution in [-0.2, 0) is 20.9 Å². The third-order valence-electron chi connectivity index (χ3n) is 5.66. The summed E-state index contributed by atoms with van der Waals surface area (Å²) >= 11 is 0. The van der Waals surface area contributed by atoms with Gasteiger partial charge in [-0.3, -0.25) is 9.59 Å². The number of benzene rings is 1. The fraction of sp³-hybridized carbons (Fsp3) is 0.409. The van der Waals surface area contributed by atoms with Crippen molar-refractivity contribution in [2.45, 2.75) is 25.8 Å². The highest BCUT2D eigenvalue weighted by atomic mass is 16.5. The second kappa shape index (κ2) is 9.55. The van der Waals surface area contributed by atoms with Crippen LogP contribution in [0.1, 0.15) is 24.8 Å². The molecule has 1 aliphatic rings. The molecule has 1 aromatic carbocycles. The summed E-state index contributed by atoms with van der Waals surface area (Å²) in [7, 11) is 1.37. The number of rotatable bonds is 7. The van der Waals surface area contributed by atoms with Gasteiger partial charge in [0.2, 0.25) is 5.91 Å². The fourth-order valence-electron chi connectivity index (χ4n) is 3.90. The first-order chi connectivity index (χ1) is 15.1. The zero-order chi connectivity index (χ0) is 21.6. The van der Waals surface area contributed by atoms with E-state index < -0.39 is 0 Å². The second-order valence-electron chi connectivity index (χ2n) is 7.66. The topological polar surface area (TPSA) is 92.9 Å². The van der Waals surface area contributed by atoms with Crippen LogP contribution in [-0.4, -0.2) is 63.3 Å². The predicted molar refractivity (Wildman–Crippen MR) is 114 cm³/mol. The Balaban J connectivity index is 1.40. The summed E-state index contributed by atoms with van der Waals surface area (Å²) in [5.41, 5.74) is 1.75. The highest BCUT2D eigenvalue weighted by Gasteiger charge is 2.29. The van der Waals surface area contributed by atoms with Gasteiger partial charge < -0.3 is 14.5 Å². The first-order valence-corrected chi connectivity index (χ1v) is 10.5. The smallest absolute Gasteiger partial charge is 0.307 e. The van der Waals surface area contributed by atoms with E-state index in [1.165, 1.54) is 7.11 Å². The highest BCUT2D eigenvalue weighted by Crippen LogP contribution is 2.24. The maximum absolute atomic E-state index is 13.3. The van der Waals surface area contributed by atoms with Crippen molar-refractivity contribution in [3.63, 3.8) is 0 Å². The number of fused-ring (bicyclic) bond motifs is 1. The highest BCUT2D eigenvalue weighted by molar-refractivity contribution is 5.80. The van der Waals surface area contributed by atoms with E-state index in [0.29, 0.717) is 18.7 Å². The Labute approximate surface area is 180 Å². The summed E-state index contributed by atoms with van der Waals surface area (Å²) < 4.78 is 6.42. The number of amides is 1. The van der Waals surface area contributed by atoms with Crippen LogP contribution in [0.3, 0.4) is 0 Å². The van der Waals surface area contributed by atoms with Crippen molar-refractivity contribution in [1.82, 2.24) is 24.7 Å². The van der Waals surface area contributed by atoms with Crippen LogP contribution in [0.5, 0.6) is 0 Å². The Kier molecular flexibility index (Phi) is 6.40. The summed E-state index contributed by atoms with van der Waals surface area (Å²) in [6, 6.07) is 13.7. The average molecular weight is 422 g/mol. The standard InChI is InChI=1S/C22H26N6O3/c1-31-21(29)11-14-27(15-17-5-3-2-4-6-17)22(30)18-9-12-26(13-10-18)20-8-7-19-24-23-16-28(19)25-20/h2-8,16,18H,9-15H2,1H3. The van der Waals surface area contributed by atoms with Gasteiger partial charge in [-0.25, -0.2) is 0 Å². The molecular formula is C22H26N6O3. The van der Waals surface area contributed by atoms with Crippen molar-refractivity contribution in [2.75, 3.05) is 31.6 Å². The number of anilines is 1. The number of methoxy groups -OCH3 is 1. The molecule has 0 aliphatic carbocycles. The molecule has 0 unspecified atom stereocenters. The molecule has 1 aliphatic heterocycles. The molecule has 1 saturated heterocycles. The maximum Gasteiger partial charge on any atom is 0.307 e. The zero-order valence-corrected chi connectivity index (χ0v) is 17.6. The van der Waals surface area contributed by atoms with Gasteiger partial charge in [0.05, 0.1) is 13.5 Å². The minimum absolute atomic E-state index is 0.0729. The molecular weight excluding hydrogens is 396 g/mol. The molecule has 2 aromatic heterocycles. The lowest BCUT2D eigenvalue weighted by Crippen LogP contribution is -2.43. The number of hydrogen-bond acceptors (Lipinski definition) is 7. The number of ether oxygens (including phenoxy) is 1. The van der Waals surface area contributed by atoms with E-state index in [1.54, 1.807) is 15.7 Å². The van der Waals surface area contributed by atoms with Gasteiger partial charge in [0.1, 0.15) is 12.1 Å². The molecule has 0 radical (unpaired) electrons. The summed E-state index contributed by atoms with van der Waals surface area (Å²) in [6.45, 7) is 2.33. The van der Waals surface area contributed by atoms with Crippen molar-refractivity contribution < 1.29 is 14.3 Å². The molecule has 0 atom stereocenters. The average Bonchev–Trinajstić information content (AvgIpc) is 3.30. The Morgan fingerprint density at radius 2 is 1.90 bits per heavy atom. The summed E-state index contributed by atoms with van der Waals surface area (Å²) in [5.74, 6) is 0.562. The molecule has 0 N–H and O–H groups in total. The van der Waals surface area contributed by atoms with Gasteiger partial charge in [0.25, 0.3) is 0 Å². The van der Waals surface area contributed by atoms with Crippen molar-refractivity contribution in [3.8, 4) is 0 Å². The van der Waals surface area contributed by atoms with Gasteiger partial charge in [-0.1, -0.05) is 30.3 Å². The van der Waals surface area contributed by atoms with Crippen molar-refractivity contribution in [1.29, 1.82) is 0 Å². The van der Waals surface area contributed by atoms with Gasteiger partial charge in [0, 0.05) is 32.1 Å². The normalized spacial score (nSPS) is 14.5. The Morgan fingerprint density at radius 3 is 2.65 bits per heavy atom. The van der Waals surface area contributed by atoms with Gasteiger partial charge in [-0.2, -0.15) is 4.52 Å². The summed E-state index contributed by atoms with van der Waals surface area (Å²) in [5, 5.41) is 12.4. The summed E-state index contributed by atoms with van der Waals surface area (Å²) in [6.07, 6.45) is 3.25. The van der Waals surface area contributed by atoms with Gasteiger partial charge in [-0.05, 0) is 30.5 Å². The lowest BCUT2D eigenvalue weighted by atomic mass is 9.95. The minimum atomic E-state index is -0.309. The molecule has 1 fully saturated rings. The number of aromatic nitrogens is 4. The first-order valence-electron chi connectivity index (χ1n) is 10.5. The first kappa shape index (κ1) is 20.8. The number of hydrogen-bond donors (Lipinski definition) is 0. The monoisotopic (exact) mass is 422 g/mol. The molecule has 0 spiro atoms. The van der Waals surface area contributed by atoms with E-state index in [2.05, 4.69) is 20.2 Å². The predicted octanol–water partition coefficient (Wildman–Crippen LogP) is 1.93. The SMILES string of the molecule is COC(=O)CCN(Cc1ccccc1)C(=O)C1CCN(c2ccc3nncn3n2)CC1. The van der Waals surface area contributed by atoms with E-state index in [0.717, 1.165) is 37.3 Å².